The number of sulfonamides is 1. The van der Waals surface area contributed by atoms with Gasteiger partial charge in [0.2, 0.25) is 0 Å². The number of hydrogen-bond acceptors (Lipinski definition) is 7. The molecule has 1 saturated carbocycles. The Balaban J connectivity index is 1.46. The van der Waals surface area contributed by atoms with Gasteiger partial charge in [-0.25, -0.2) is 26.9 Å². The average Bonchev–Trinajstić information content (AvgIpc) is 3.57. The van der Waals surface area contributed by atoms with Crippen LogP contribution in [0.1, 0.15) is 54.9 Å². The summed E-state index contributed by atoms with van der Waals surface area (Å²) in [7, 11) is -2.51. The number of benzene rings is 1. The molecule has 0 spiro atoms. The van der Waals surface area contributed by atoms with Gasteiger partial charge >= 0.3 is 0 Å². The molecule has 2 aliphatic rings. The monoisotopic (exact) mass is 593 g/mol. The predicted molar refractivity (Wildman–Crippen MR) is 149 cm³/mol. The van der Waals surface area contributed by atoms with Crippen molar-refractivity contribution in [3.8, 4) is 5.69 Å². The molecular weight excluding hydrogens is 564 g/mol. The Morgan fingerprint density at radius 2 is 1.88 bits per heavy atom. The molecule has 218 valence electrons. The second-order valence-electron chi connectivity index (χ2n) is 11.1. The van der Waals surface area contributed by atoms with Crippen LogP contribution in [0.2, 0.25) is 0 Å². The highest BCUT2D eigenvalue weighted by Gasteiger charge is 2.52. The largest absolute Gasteiger partial charge is 0.291 e. The van der Waals surface area contributed by atoms with Gasteiger partial charge in [-0.3, -0.25) is 14.5 Å². The number of pyridine rings is 1. The first-order chi connectivity index (χ1) is 20.0. The zero-order chi connectivity index (χ0) is 29.8. The third-order valence-electron chi connectivity index (χ3n) is 8.05. The summed E-state index contributed by atoms with van der Waals surface area (Å²) in [6, 6.07) is 7.23. The number of halogens is 2. The van der Waals surface area contributed by atoms with Crippen LogP contribution in [0.4, 0.5) is 8.78 Å². The van der Waals surface area contributed by atoms with Crippen LogP contribution in [0.5, 0.6) is 0 Å². The van der Waals surface area contributed by atoms with E-state index in [4.69, 9.17) is 0 Å². The van der Waals surface area contributed by atoms with Gasteiger partial charge < -0.3 is 0 Å². The third-order valence-corrected chi connectivity index (χ3v) is 9.97. The molecule has 10 nitrogen and oxygen atoms in total. The molecule has 3 heterocycles. The second-order valence-corrected chi connectivity index (χ2v) is 12.8. The summed E-state index contributed by atoms with van der Waals surface area (Å²) in [4.78, 5) is 22.6. The number of fused-ring (bicyclic) bond motifs is 2. The van der Waals surface area contributed by atoms with Crippen molar-refractivity contribution in [2.24, 2.45) is 12.5 Å². The zero-order valence-corrected chi connectivity index (χ0v) is 24.1. The molecule has 6 rings (SSSR count). The first-order valence-corrected chi connectivity index (χ1v) is 15.0. The normalized spacial score (nSPS) is 20.4. The van der Waals surface area contributed by atoms with Gasteiger partial charge in [0.15, 0.2) is 5.78 Å². The van der Waals surface area contributed by atoms with E-state index in [1.54, 1.807) is 43.9 Å². The van der Waals surface area contributed by atoms with Crippen LogP contribution in [-0.2, 0) is 23.5 Å². The number of carbonyl (C=O) groups is 1. The average molecular weight is 594 g/mol. The standard InChI is InChI=1S/C29H29F2N7O3S/c1-18(2)38(42(40,41)28-33-17-36(3)35-28)24-7-4-20-12-26-19(16-34-37(26)23-8-5-21(30)6-9-23)14-29(20,15-24)27(39)25-13-22(31)10-11-32-25/h5-6,8-13,16-18,24H,4,7,14-15H2,1-3H3/t24-,29-/m0/s1. The molecule has 0 amide bonds. The maximum Gasteiger partial charge on any atom is 0.282 e. The number of Topliss-reactive ketones (excluding diaryl/α,β-unsaturated/α-hetero) is 1. The minimum absolute atomic E-state index is 0.0266. The number of allylic oxidation sites excluding steroid dienone is 1. The van der Waals surface area contributed by atoms with E-state index in [1.165, 1.54) is 39.7 Å². The molecule has 2 atom stereocenters. The van der Waals surface area contributed by atoms with Gasteiger partial charge in [-0.1, -0.05) is 5.57 Å². The number of carbonyl (C=O) groups excluding carboxylic acids is 1. The van der Waals surface area contributed by atoms with Crippen molar-refractivity contribution in [1.82, 2.24) is 33.8 Å². The van der Waals surface area contributed by atoms with E-state index in [2.05, 4.69) is 20.2 Å². The van der Waals surface area contributed by atoms with E-state index in [1.807, 2.05) is 6.08 Å². The predicted octanol–water partition coefficient (Wildman–Crippen LogP) is 4.13. The topological polar surface area (TPSA) is 116 Å². The summed E-state index contributed by atoms with van der Waals surface area (Å²) in [5, 5.41) is 8.28. The van der Waals surface area contributed by atoms with E-state index in [0.717, 1.165) is 22.9 Å². The fraction of sp³-hybridized carbons (Fsp3) is 0.345. The zero-order valence-electron chi connectivity index (χ0n) is 23.3. The minimum atomic E-state index is -4.10. The number of aryl methyl sites for hydroxylation is 1. The van der Waals surface area contributed by atoms with Gasteiger partial charge in [0, 0.05) is 31.4 Å². The molecule has 0 N–H and O–H groups in total. The van der Waals surface area contributed by atoms with E-state index in [0.29, 0.717) is 18.5 Å². The van der Waals surface area contributed by atoms with Crippen LogP contribution in [0.3, 0.4) is 0 Å². The summed E-state index contributed by atoms with van der Waals surface area (Å²) in [6.07, 6.45) is 7.39. The summed E-state index contributed by atoms with van der Waals surface area (Å²) in [6.45, 7) is 3.56. The summed E-state index contributed by atoms with van der Waals surface area (Å²) >= 11 is 0. The van der Waals surface area contributed by atoms with Gasteiger partial charge in [0.05, 0.1) is 23.0 Å². The van der Waals surface area contributed by atoms with Crippen molar-refractivity contribution >= 4 is 21.9 Å². The number of rotatable bonds is 7. The Kier molecular flexibility index (Phi) is 6.89. The first kappa shape index (κ1) is 28.0. The SMILES string of the molecule is CC(C)N([C@H]1CCC2=Cc3c(cnn3-c3ccc(F)cc3)C[C@]2(C(=O)c2cc(F)ccn2)C1)S(=O)(=O)c1ncn(C)n1. The van der Waals surface area contributed by atoms with Crippen LogP contribution in [0.15, 0.2) is 65.8 Å². The van der Waals surface area contributed by atoms with Crippen LogP contribution in [-0.4, -0.2) is 60.1 Å². The van der Waals surface area contributed by atoms with Gasteiger partial charge in [0.1, 0.15) is 23.7 Å². The molecule has 4 aromatic rings. The molecule has 0 saturated heterocycles. The van der Waals surface area contributed by atoms with Crippen LogP contribution in [0, 0.1) is 17.0 Å². The minimum Gasteiger partial charge on any atom is -0.291 e. The molecule has 0 radical (unpaired) electrons. The van der Waals surface area contributed by atoms with Gasteiger partial charge in [-0.2, -0.15) is 9.40 Å². The number of ketones is 1. The first-order valence-electron chi connectivity index (χ1n) is 13.6. The highest BCUT2D eigenvalue weighted by molar-refractivity contribution is 7.89. The summed E-state index contributed by atoms with van der Waals surface area (Å²) < 4.78 is 59.9. The molecule has 0 bridgehead atoms. The maximum absolute atomic E-state index is 14.4. The lowest BCUT2D eigenvalue weighted by Gasteiger charge is -2.47. The Bertz CT molecular complexity index is 1810. The van der Waals surface area contributed by atoms with Crippen molar-refractivity contribution in [3.63, 3.8) is 0 Å². The van der Waals surface area contributed by atoms with Gasteiger partial charge in [0.25, 0.3) is 15.2 Å². The van der Waals surface area contributed by atoms with Gasteiger partial charge in [-0.05, 0) is 81.5 Å². The number of hydrogen-bond donors (Lipinski definition) is 0. The molecule has 0 aliphatic heterocycles. The van der Waals surface area contributed by atoms with Crippen molar-refractivity contribution in [3.05, 3.63) is 89.3 Å². The molecule has 13 heteroatoms. The quantitative estimate of drug-likeness (QED) is 0.296. The highest BCUT2D eigenvalue weighted by atomic mass is 32.2. The van der Waals surface area contributed by atoms with Gasteiger partial charge in [-0.15, -0.1) is 5.10 Å². The summed E-state index contributed by atoms with van der Waals surface area (Å²) in [5.74, 6) is -1.33. The van der Waals surface area contributed by atoms with Crippen molar-refractivity contribution in [2.45, 2.75) is 56.8 Å². The molecule has 1 aromatic carbocycles. The van der Waals surface area contributed by atoms with E-state index in [9.17, 15) is 22.0 Å². The molecule has 42 heavy (non-hydrogen) atoms. The van der Waals surface area contributed by atoms with Crippen molar-refractivity contribution in [2.75, 3.05) is 0 Å². The Morgan fingerprint density at radius 1 is 1.12 bits per heavy atom. The number of nitrogens with zero attached hydrogens (tertiary/aromatic N) is 7. The number of aromatic nitrogens is 6. The van der Waals surface area contributed by atoms with Crippen LogP contribution >= 0.6 is 0 Å². The molecular formula is C29H29F2N7O3S. The van der Waals surface area contributed by atoms with Crippen molar-refractivity contribution in [1.29, 1.82) is 0 Å². The van der Waals surface area contributed by atoms with Crippen LogP contribution < -0.4 is 0 Å². The molecule has 1 fully saturated rings. The van der Waals surface area contributed by atoms with Crippen molar-refractivity contribution < 1.29 is 22.0 Å². The molecule has 3 aromatic heterocycles. The lowest BCUT2D eigenvalue weighted by Crippen LogP contribution is -2.52. The van der Waals surface area contributed by atoms with E-state index >= 15 is 0 Å². The smallest absolute Gasteiger partial charge is 0.282 e. The summed E-state index contributed by atoms with van der Waals surface area (Å²) in [5.41, 5.74) is 1.77. The fourth-order valence-electron chi connectivity index (χ4n) is 6.29. The Labute approximate surface area is 241 Å². The fourth-order valence-corrected chi connectivity index (χ4v) is 8.02. The second kappa shape index (κ2) is 10.3. The van der Waals surface area contributed by atoms with E-state index in [-0.39, 0.29) is 35.3 Å². The maximum atomic E-state index is 14.4. The van der Waals surface area contributed by atoms with E-state index < -0.39 is 33.3 Å². The molecule has 2 aliphatic carbocycles. The molecule has 0 unspecified atom stereocenters. The lowest BCUT2D eigenvalue weighted by molar-refractivity contribution is 0.0721. The third kappa shape index (κ3) is 4.66. The lowest BCUT2D eigenvalue weighted by atomic mass is 9.60. The highest BCUT2D eigenvalue weighted by Crippen LogP contribution is 2.51. The van der Waals surface area contributed by atoms with Crippen LogP contribution in [0.25, 0.3) is 11.8 Å². The Hall–Kier alpha value is -4.10. The Morgan fingerprint density at radius 3 is 2.55 bits per heavy atom.